The van der Waals surface area contributed by atoms with Gasteiger partial charge in [0.05, 0.1) is 0 Å². The second kappa shape index (κ2) is 2.82. The molecule has 1 aliphatic carbocycles. The first-order chi connectivity index (χ1) is 5.70. The van der Waals surface area contributed by atoms with Crippen molar-refractivity contribution in [1.82, 2.24) is 0 Å². The van der Waals surface area contributed by atoms with Crippen LogP contribution in [0.4, 0.5) is 4.39 Å². The molecule has 1 fully saturated rings. The number of halogens is 2. The van der Waals surface area contributed by atoms with E-state index in [-0.39, 0.29) is 17.8 Å². The van der Waals surface area contributed by atoms with Gasteiger partial charge in [0, 0.05) is 22.0 Å². The van der Waals surface area contributed by atoms with Gasteiger partial charge in [-0.05, 0) is 18.6 Å². The van der Waals surface area contributed by atoms with Crippen molar-refractivity contribution in [3.63, 3.8) is 0 Å². The van der Waals surface area contributed by atoms with Crippen LogP contribution in [0.3, 0.4) is 0 Å². The van der Waals surface area contributed by atoms with Crippen molar-refractivity contribution in [2.75, 3.05) is 0 Å². The molecule has 1 aromatic rings. The fraction of sp³-hybridized carbons (Fsp3) is 0.333. The molecule has 0 aromatic heterocycles. The second-order valence-corrected chi connectivity index (χ2v) is 4.00. The van der Waals surface area contributed by atoms with E-state index in [4.69, 9.17) is 5.73 Å². The van der Waals surface area contributed by atoms with Gasteiger partial charge in [-0.3, -0.25) is 0 Å². The molecule has 1 aromatic carbocycles. The van der Waals surface area contributed by atoms with Gasteiger partial charge < -0.3 is 5.73 Å². The molecule has 3 heteroatoms. The van der Waals surface area contributed by atoms with Crippen LogP contribution in [-0.4, -0.2) is 6.04 Å². The van der Waals surface area contributed by atoms with Crippen molar-refractivity contribution in [1.29, 1.82) is 0 Å². The van der Waals surface area contributed by atoms with E-state index in [0.29, 0.717) is 0 Å². The molecule has 0 amide bonds. The van der Waals surface area contributed by atoms with Crippen LogP contribution in [0.5, 0.6) is 0 Å². The Balaban J connectivity index is 2.41. The zero-order chi connectivity index (χ0) is 8.72. The lowest BCUT2D eigenvalue weighted by Crippen LogP contribution is -2.02. The molecule has 0 radical (unpaired) electrons. The topological polar surface area (TPSA) is 26.0 Å². The van der Waals surface area contributed by atoms with Gasteiger partial charge in [0.25, 0.3) is 0 Å². The summed E-state index contributed by atoms with van der Waals surface area (Å²) in [5.74, 6) is 0.0721. The summed E-state index contributed by atoms with van der Waals surface area (Å²) in [4.78, 5) is 0. The minimum atomic E-state index is -0.151. The van der Waals surface area contributed by atoms with Crippen LogP contribution in [0.15, 0.2) is 22.7 Å². The van der Waals surface area contributed by atoms with Crippen molar-refractivity contribution in [2.45, 2.75) is 18.4 Å². The third-order valence-electron chi connectivity index (χ3n) is 2.21. The van der Waals surface area contributed by atoms with Crippen LogP contribution in [0, 0.1) is 5.82 Å². The molecule has 1 aliphatic rings. The van der Waals surface area contributed by atoms with E-state index in [1.54, 1.807) is 6.07 Å². The summed E-state index contributed by atoms with van der Waals surface area (Å²) < 4.78 is 14.1. The van der Waals surface area contributed by atoms with E-state index in [2.05, 4.69) is 15.9 Å². The summed E-state index contributed by atoms with van der Waals surface area (Å²) in [6, 6.07) is 5.17. The SMILES string of the molecule is NC1CC1c1c(F)cccc1Br. The highest BCUT2D eigenvalue weighted by Crippen LogP contribution is 2.43. The molecular formula is C9H9BrFN. The summed E-state index contributed by atoms with van der Waals surface area (Å²) in [5, 5.41) is 0. The summed E-state index contributed by atoms with van der Waals surface area (Å²) in [6.07, 6.45) is 0.902. The van der Waals surface area contributed by atoms with Gasteiger partial charge in [-0.1, -0.05) is 22.0 Å². The van der Waals surface area contributed by atoms with E-state index < -0.39 is 0 Å². The van der Waals surface area contributed by atoms with E-state index in [1.165, 1.54) is 6.07 Å². The Hall–Kier alpha value is -0.410. The summed E-state index contributed by atoms with van der Waals surface area (Å²) >= 11 is 3.32. The maximum atomic E-state index is 13.2. The van der Waals surface area contributed by atoms with Gasteiger partial charge in [0.15, 0.2) is 0 Å². The molecule has 0 aliphatic heterocycles. The van der Waals surface area contributed by atoms with Crippen LogP contribution in [-0.2, 0) is 0 Å². The Morgan fingerprint density at radius 1 is 1.50 bits per heavy atom. The highest BCUT2D eigenvalue weighted by atomic mass is 79.9. The lowest BCUT2D eigenvalue weighted by atomic mass is 10.1. The number of rotatable bonds is 1. The molecule has 2 atom stereocenters. The summed E-state index contributed by atoms with van der Waals surface area (Å²) in [6.45, 7) is 0. The normalized spacial score (nSPS) is 27.2. The standard InChI is InChI=1S/C9H9BrFN/c10-6-2-1-3-7(11)9(6)5-4-8(5)12/h1-3,5,8H,4,12H2. The van der Waals surface area contributed by atoms with Crippen LogP contribution in [0.25, 0.3) is 0 Å². The average Bonchev–Trinajstić information content (AvgIpc) is 2.67. The van der Waals surface area contributed by atoms with E-state index >= 15 is 0 Å². The highest BCUT2D eigenvalue weighted by molar-refractivity contribution is 9.10. The Kier molecular flexibility index (Phi) is 1.93. The predicted octanol–water partition coefficient (Wildman–Crippen LogP) is 2.40. The minimum Gasteiger partial charge on any atom is -0.327 e. The number of nitrogens with two attached hydrogens (primary N) is 1. The zero-order valence-electron chi connectivity index (χ0n) is 6.43. The van der Waals surface area contributed by atoms with E-state index in [0.717, 1.165) is 16.5 Å². The molecule has 12 heavy (non-hydrogen) atoms. The molecule has 2 unspecified atom stereocenters. The quantitative estimate of drug-likeness (QED) is 0.787. The first-order valence-corrected chi connectivity index (χ1v) is 4.69. The smallest absolute Gasteiger partial charge is 0.127 e. The first kappa shape index (κ1) is 8.20. The summed E-state index contributed by atoms with van der Waals surface area (Å²) in [5.41, 5.74) is 6.39. The number of hydrogen-bond donors (Lipinski definition) is 1. The van der Waals surface area contributed by atoms with Crippen LogP contribution in [0.1, 0.15) is 17.9 Å². The molecule has 0 bridgehead atoms. The fourth-order valence-electron chi connectivity index (χ4n) is 1.41. The van der Waals surface area contributed by atoms with Gasteiger partial charge in [0.2, 0.25) is 0 Å². The van der Waals surface area contributed by atoms with Gasteiger partial charge in [0.1, 0.15) is 5.82 Å². The third kappa shape index (κ3) is 1.27. The van der Waals surface area contributed by atoms with E-state index in [1.807, 2.05) is 6.07 Å². The molecule has 64 valence electrons. The van der Waals surface area contributed by atoms with Crippen LogP contribution < -0.4 is 5.73 Å². The van der Waals surface area contributed by atoms with Crippen molar-refractivity contribution in [3.05, 3.63) is 34.1 Å². The van der Waals surface area contributed by atoms with Gasteiger partial charge in [-0.25, -0.2) is 4.39 Å². The largest absolute Gasteiger partial charge is 0.327 e. The van der Waals surface area contributed by atoms with Crippen molar-refractivity contribution in [3.8, 4) is 0 Å². The Bertz CT molecular complexity index is 293. The van der Waals surface area contributed by atoms with Crippen molar-refractivity contribution in [2.24, 2.45) is 5.73 Å². The molecule has 0 spiro atoms. The summed E-state index contributed by atoms with van der Waals surface area (Å²) in [7, 11) is 0. The molecule has 1 nitrogen and oxygen atoms in total. The Morgan fingerprint density at radius 3 is 2.67 bits per heavy atom. The molecule has 2 rings (SSSR count). The zero-order valence-corrected chi connectivity index (χ0v) is 8.01. The maximum absolute atomic E-state index is 13.2. The average molecular weight is 230 g/mol. The van der Waals surface area contributed by atoms with Gasteiger partial charge in [-0.2, -0.15) is 0 Å². The number of hydrogen-bond acceptors (Lipinski definition) is 1. The van der Waals surface area contributed by atoms with Crippen LogP contribution in [0.2, 0.25) is 0 Å². The van der Waals surface area contributed by atoms with Crippen molar-refractivity contribution >= 4 is 15.9 Å². The molecular weight excluding hydrogens is 221 g/mol. The fourth-order valence-corrected chi connectivity index (χ4v) is 2.05. The number of benzene rings is 1. The lowest BCUT2D eigenvalue weighted by Gasteiger charge is -2.03. The molecule has 0 saturated heterocycles. The third-order valence-corrected chi connectivity index (χ3v) is 2.90. The van der Waals surface area contributed by atoms with Gasteiger partial charge in [-0.15, -0.1) is 0 Å². The maximum Gasteiger partial charge on any atom is 0.127 e. The second-order valence-electron chi connectivity index (χ2n) is 3.14. The first-order valence-electron chi connectivity index (χ1n) is 3.89. The Morgan fingerprint density at radius 2 is 2.17 bits per heavy atom. The van der Waals surface area contributed by atoms with Crippen molar-refractivity contribution < 1.29 is 4.39 Å². The Labute approximate surface area is 78.9 Å². The minimum absolute atomic E-state index is 0.151. The molecule has 1 saturated carbocycles. The predicted molar refractivity (Wildman–Crippen MR) is 49.4 cm³/mol. The van der Waals surface area contributed by atoms with Crippen LogP contribution >= 0.6 is 15.9 Å². The highest BCUT2D eigenvalue weighted by Gasteiger charge is 2.37. The lowest BCUT2D eigenvalue weighted by molar-refractivity contribution is 0.608. The monoisotopic (exact) mass is 229 g/mol. The van der Waals surface area contributed by atoms with E-state index in [9.17, 15) is 4.39 Å². The molecule has 0 heterocycles. The van der Waals surface area contributed by atoms with Gasteiger partial charge >= 0.3 is 0 Å². The molecule has 2 N–H and O–H groups in total.